The Bertz CT molecular complexity index is 895. The number of rotatable bonds is 8. The predicted molar refractivity (Wildman–Crippen MR) is 143 cm³/mol. The summed E-state index contributed by atoms with van der Waals surface area (Å²) in [6, 6.07) is 8.71. The van der Waals surface area contributed by atoms with Crippen molar-refractivity contribution in [3.8, 4) is 5.75 Å². The molecule has 1 atom stereocenters. The van der Waals surface area contributed by atoms with Crippen molar-refractivity contribution >= 4 is 29.9 Å². The number of hydrogen-bond acceptors (Lipinski definition) is 5. The zero-order valence-electron chi connectivity index (χ0n) is 19.9. The monoisotopic (exact) mass is 567 g/mol. The summed E-state index contributed by atoms with van der Waals surface area (Å²) in [7, 11) is 3.55. The molecule has 33 heavy (non-hydrogen) atoms. The molecule has 1 unspecified atom stereocenters. The SMILES string of the molecule is CN=C(NCCc1nnc2n1CCCCC2)NCC(c1cccc(OC)c1)N1CCCC1.I. The zero-order chi connectivity index (χ0) is 22.2. The number of methoxy groups -OCH3 is 1. The van der Waals surface area contributed by atoms with E-state index in [4.69, 9.17) is 4.74 Å². The van der Waals surface area contributed by atoms with Crippen LogP contribution in [-0.4, -0.2) is 66.0 Å². The number of ether oxygens (including phenoxy) is 1. The summed E-state index contributed by atoms with van der Waals surface area (Å²) in [6.07, 6.45) is 8.13. The van der Waals surface area contributed by atoms with Crippen molar-refractivity contribution < 1.29 is 4.74 Å². The van der Waals surface area contributed by atoms with Crippen LogP contribution in [0.25, 0.3) is 0 Å². The number of aliphatic imine (C=N–C) groups is 1. The van der Waals surface area contributed by atoms with E-state index in [-0.39, 0.29) is 24.0 Å². The summed E-state index contributed by atoms with van der Waals surface area (Å²) in [5.74, 6) is 3.96. The average Bonchev–Trinajstić information content (AvgIpc) is 3.43. The van der Waals surface area contributed by atoms with Gasteiger partial charge in [-0.25, -0.2) is 0 Å². The third-order valence-corrected chi connectivity index (χ3v) is 6.57. The van der Waals surface area contributed by atoms with E-state index in [0.29, 0.717) is 6.04 Å². The number of likely N-dealkylation sites (tertiary alicyclic amines) is 1. The second-order valence-electron chi connectivity index (χ2n) is 8.66. The molecule has 0 radical (unpaired) electrons. The van der Waals surface area contributed by atoms with Crippen molar-refractivity contribution in [2.75, 3.05) is 40.3 Å². The fraction of sp³-hybridized carbons (Fsp3) is 0.625. The van der Waals surface area contributed by atoms with Crippen LogP contribution in [0.1, 0.15) is 55.4 Å². The Labute approximate surface area is 214 Å². The minimum absolute atomic E-state index is 0. The molecule has 3 heterocycles. The zero-order valence-corrected chi connectivity index (χ0v) is 22.3. The molecule has 2 N–H and O–H groups in total. The molecule has 0 saturated carbocycles. The maximum atomic E-state index is 5.46. The maximum absolute atomic E-state index is 5.46. The number of hydrogen-bond donors (Lipinski definition) is 2. The van der Waals surface area contributed by atoms with E-state index in [9.17, 15) is 0 Å². The van der Waals surface area contributed by atoms with Gasteiger partial charge in [-0.15, -0.1) is 34.2 Å². The third kappa shape index (κ3) is 6.81. The Morgan fingerprint density at radius 2 is 1.91 bits per heavy atom. The van der Waals surface area contributed by atoms with Crippen LogP contribution in [0.15, 0.2) is 29.3 Å². The molecule has 1 aromatic carbocycles. The molecule has 9 heteroatoms. The number of halogens is 1. The number of aromatic nitrogens is 3. The quantitative estimate of drug-likeness (QED) is 0.290. The van der Waals surface area contributed by atoms with Crippen LogP contribution >= 0.6 is 24.0 Å². The van der Waals surface area contributed by atoms with Gasteiger partial charge in [-0.2, -0.15) is 0 Å². The minimum atomic E-state index is 0. The van der Waals surface area contributed by atoms with Crippen molar-refractivity contribution in [1.29, 1.82) is 0 Å². The molecule has 8 nitrogen and oxygen atoms in total. The predicted octanol–water partition coefficient (Wildman–Crippen LogP) is 3.18. The van der Waals surface area contributed by atoms with Gasteiger partial charge in [-0.05, 0) is 56.5 Å². The molecule has 0 amide bonds. The van der Waals surface area contributed by atoms with Gasteiger partial charge in [0.2, 0.25) is 0 Å². The Morgan fingerprint density at radius 3 is 2.70 bits per heavy atom. The third-order valence-electron chi connectivity index (χ3n) is 6.57. The van der Waals surface area contributed by atoms with E-state index in [2.05, 4.69) is 53.5 Å². The number of nitrogens with zero attached hydrogens (tertiary/aromatic N) is 5. The fourth-order valence-electron chi connectivity index (χ4n) is 4.80. The minimum Gasteiger partial charge on any atom is -0.497 e. The van der Waals surface area contributed by atoms with Gasteiger partial charge in [0.25, 0.3) is 0 Å². The lowest BCUT2D eigenvalue weighted by atomic mass is 10.1. The van der Waals surface area contributed by atoms with Crippen LogP contribution in [0, 0.1) is 0 Å². The first kappa shape index (κ1) is 25.7. The van der Waals surface area contributed by atoms with Gasteiger partial charge in [-0.3, -0.25) is 9.89 Å². The van der Waals surface area contributed by atoms with Crippen LogP contribution in [0.5, 0.6) is 5.75 Å². The number of aryl methyl sites for hydroxylation is 1. The van der Waals surface area contributed by atoms with Gasteiger partial charge in [-0.1, -0.05) is 18.6 Å². The first-order chi connectivity index (χ1) is 15.8. The van der Waals surface area contributed by atoms with E-state index in [1.165, 1.54) is 37.7 Å². The van der Waals surface area contributed by atoms with E-state index >= 15 is 0 Å². The topological polar surface area (TPSA) is 79.6 Å². The van der Waals surface area contributed by atoms with E-state index in [1.807, 2.05) is 13.1 Å². The van der Waals surface area contributed by atoms with E-state index < -0.39 is 0 Å². The van der Waals surface area contributed by atoms with Gasteiger partial charge < -0.3 is 19.9 Å². The second-order valence-corrected chi connectivity index (χ2v) is 8.66. The molecule has 1 saturated heterocycles. The molecule has 4 rings (SSSR count). The first-order valence-corrected chi connectivity index (χ1v) is 12.0. The summed E-state index contributed by atoms with van der Waals surface area (Å²) in [6.45, 7) is 4.89. The Morgan fingerprint density at radius 1 is 1.09 bits per heavy atom. The van der Waals surface area contributed by atoms with E-state index in [1.54, 1.807) is 7.11 Å². The average molecular weight is 568 g/mol. The highest BCUT2D eigenvalue weighted by Gasteiger charge is 2.24. The van der Waals surface area contributed by atoms with Gasteiger partial charge in [0, 0.05) is 39.5 Å². The van der Waals surface area contributed by atoms with Gasteiger partial charge in [0.15, 0.2) is 5.96 Å². The standard InChI is InChI=1S/C24H37N7O.HI/c1-25-24(26-13-12-23-29-28-22-11-4-3-5-16-31(22)23)27-18-21(30-14-6-7-15-30)19-9-8-10-20(17-19)32-2;/h8-10,17,21H,3-7,11-16,18H2,1-2H3,(H2,25,26,27);1H. The van der Waals surface area contributed by atoms with Crippen LogP contribution < -0.4 is 15.4 Å². The van der Waals surface area contributed by atoms with E-state index in [0.717, 1.165) is 68.9 Å². The second kappa shape index (κ2) is 13.1. The lowest BCUT2D eigenvalue weighted by Crippen LogP contribution is -2.43. The van der Waals surface area contributed by atoms with Gasteiger partial charge >= 0.3 is 0 Å². The van der Waals surface area contributed by atoms with Crippen molar-refractivity contribution in [1.82, 2.24) is 30.3 Å². The summed E-state index contributed by atoms with van der Waals surface area (Å²) >= 11 is 0. The summed E-state index contributed by atoms with van der Waals surface area (Å²) < 4.78 is 7.78. The van der Waals surface area contributed by atoms with Crippen molar-refractivity contribution in [2.45, 2.75) is 57.5 Å². The van der Waals surface area contributed by atoms with Crippen molar-refractivity contribution in [2.24, 2.45) is 4.99 Å². The van der Waals surface area contributed by atoms with Crippen molar-refractivity contribution in [3.05, 3.63) is 41.5 Å². The molecule has 0 aliphatic carbocycles. The molecule has 1 aromatic heterocycles. The Hall–Kier alpha value is -1.88. The smallest absolute Gasteiger partial charge is 0.191 e. The molecular formula is C24H38IN7O. The molecular weight excluding hydrogens is 529 g/mol. The Kier molecular flexibility index (Phi) is 10.2. The van der Waals surface area contributed by atoms with Crippen LogP contribution in [0.3, 0.4) is 0 Å². The Balaban J connectivity index is 0.00000306. The lowest BCUT2D eigenvalue weighted by molar-refractivity contribution is 0.245. The highest BCUT2D eigenvalue weighted by Crippen LogP contribution is 2.27. The molecule has 0 bridgehead atoms. The number of fused-ring (bicyclic) bond motifs is 1. The molecule has 182 valence electrons. The summed E-state index contributed by atoms with van der Waals surface area (Å²) in [5, 5.41) is 15.9. The van der Waals surface area contributed by atoms with Crippen LogP contribution in [0.2, 0.25) is 0 Å². The molecule has 2 aliphatic heterocycles. The maximum Gasteiger partial charge on any atom is 0.191 e. The van der Waals surface area contributed by atoms with Gasteiger partial charge in [0.1, 0.15) is 17.4 Å². The molecule has 2 aromatic rings. The van der Waals surface area contributed by atoms with Crippen LogP contribution in [-0.2, 0) is 19.4 Å². The molecule has 1 fully saturated rings. The van der Waals surface area contributed by atoms with Crippen LogP contribution in [0.4, 0.5) is 0 Å². The first-order valence-electron chi connectivity index (χ1n) is 12.0. The summed E-state index contributed by atoms with van der Waals surface area (Å²) in [4.78, 5) is 7.00. The van der Waals surface area contributed by atoms with Gasteiger partial charge in [0.05, 0.1) is 13.2 Å². The highest BCUT2D eigenvalue weighted by atomic mass is 127. The molecule has 0 spiro atoms. The lowest BCUT2D eigenvalue weighted by Gasteiger charge is -2.29. The highest BCUT2D eigenvalue weighted by molar-refractivity contribution is 14.0. The largest absolute Gasteiger partial charge is 0.497 e. The number of nitrogens with one attached hydrogen (secondary N) is 2. The fourth-order valence-corrected chi connectivity index (χ4v) is 4.80. The molecule has 2 aliphatic rings. The summed E-state index contributed by atoms with van der Waals surface area (Å²) in [5.41, 5.74) is 1.28. The number of guanidine groups is 1. The van der Waals surface area contributed by atoms with Crippen molar-refractivity contribution in [3.63, 3.8) is 0 Å². The number of benzene rings is 1. The normalized spacial score (nSPS) is 17.6.